The number of benzene rings is 1. The average Bonchev–Trinajstić information content (AvgIpc) is 2.77. The van der Waals surface area contributed by atoms with Crippen LogP contribution < -0.4 is 0 Å². The standard InChI is InChI=1S/C14H15NO/c1-10-5-6-12(8-11(10)2)9-14(16)13-4-3-7-15-13/h3-8,15H,9H2,1-2H3. The van der Waals surface area contributed by atoms with E-state index >= 15 is 0 Å². The first-order chi connectivity index (χ1) is 7.66. The van der Waals surface area contributed by atoms with E-state index in [9.17, 15) is 4.79 Å². The summed E-state index contributed by atoms with van der Waals surface area (Å²) in [6.45, 7) is 4.14. The van der Waals surface area contributed by atoms with Crippen molar-refractivity contribution < 1.29 is 4.79 Å². The molecule has 1 aromatic carbocycles. The Morgan fingerprint density at radius 1 is 1.19 bits per heavy atom. The van der Waals surface area contributed by atoms with E-state index in [1.54, 1.807) is 6.20 Å². The van der Waals surface area contributed by atoms with Crippen molar-refractivity contribution in [2.75, 3.05) is 0 Å². The van der Waals surface area contributed by atoms with Gasteiger partial charge in [0.05, 0.1) is 5.69 Å². The Kier molecular flexibility index (Phi) is 2.91. The second kappa shape index (κ2) is 4.35. The smallest absolute Gasteiger partial charge is 0.183 e. The van der Waals surface area contributed by atoms with Crippen LogP contribution in [-0.4, -0.2) is 10.8 Å². The van der Waals surface area contributed by atoms with Gasteiger partial charge in [0.25, 0.3) is 0 Å². The van der Waals surface area contributed by atoms with Gasteiger partial charge in [-0.05, 0) is 42.7 Å². The number of aryl methyl sites for hydroxylation is 2. The normalized spacial score (nSPS) is 10.4. The predicted molar refractivity (Wildman–Crippen MR) is 64.7 cm³/mol. The average molecular weight is 213 g/mol. The van der Waals surface area contributed by atoms with Crippen molar-refractivity contribution in [2.45, 2.75) is 20.3 Å². The Morgan fingerprint density at radius 3 is 2.62 bits per heavy atom. The van der Waals surface area contributed by atoms with Crippen LogP contribution in [-0.2, 0) is 6.42 Å². The number of Topliss-reactive ketones (excluding diaryl/α,β-unsaturated/α-hetero) is 1. The number of rotatable bonds is 3. The summed E-state index contributed by atoms with van der Waals surface area (Å²) in [4.78, 5) is 14.8. The molecule has 82 valence electrons. The molecule has 1 N–H and O–H groups in total. The summed E-state index contributed by atoms with van der Waals surface area (Å²) >= 11 is 0. The molecule has 2 heteroatoms. The van der Waals surface area contributed by atoms with E-state index < -0.39 is 0 Å². The maximum Gasteiger partial charge on any atom is 0.183 e. The van der Waals surface area contributed by atoms with Crippen LogP contribution in [0.4, 0.5) is 0 Å². The van der Waals surface area contributed by atoms with Gasteiger partial charge in [0.15, 0.2) is 5.78 Å². The van der Waals surface area contributed by atoms with Gasteiger partial charge in [-0.1, -0.05) is 18.2 Å². The van der Waals surface area contributed by atoms with Crippen molar-refractivity contribution in [1.82, 2.24) is 4.98 Å². The van der Waals surface area contributed by atoms with Crippen LogP contribution >= 0.6 is 0 Å². The maximum atomic E-state index is 11.8. The number of hydrogen-bond donors (Lipinski definition) is 1. The van der Waals surface area contributed by atoms with E-state index in [0.717, 1.165) is 5.56 Å². The largest absolute Gasteiger partial charge is 0.359 e. The minimum Gasteiger partial charge on any atom is -0.359 e. The highest BCUT2D eigenvalue weighted by atomic mass is 16.1. The van der Waals surface area contributed by atoms with Gasteiger partial charge in [-0.2, -0.15) is 0 Å². The van der Waals surface area contributed by atoms with Crippen LogP contribution in [0.15, 0.2) is 36.5 Å². The summed E-state index contributed by atoms with van der Waals surface area (Å²) in [6.07, 6.45) is 2.23. The van der Waals surface area contributed by atoms with Crippen molar-refractivity contribution in [1.29, 1.82) is 0 Å². The summed E-state index contributed by atoms with van der Waals surface area (Å²) in [5, 5.41) is 0. The summed E-state index contributed by atoms with van der Waals surface area (Å²) in [7, 11) is 0. The number of ketones is 1. The molecule has 0 spiro atoms. The zero-order valence-electron chi connectivity index (χ0n) is 9.58. The second-order valence-electron chi connectivity index (χ2n) is 4.10. The SMILES string of the molecule is Cc1ccc(CC(=O)c2ccc[nH]2)cc1C. The van der Waals surface area contributed by atoms with Crippen LogP contribution in [0.1, 0.15) is 27.2 Å². The molecule has 2 rings (SSSR count). The van der Waals surface area contributed by atoms with Crippen LogP contribution in [0.3, 0.4) is 0 Å². The van der Waals surface area contributed by atoms with Crippen LogP contribution in [0, 0.1) is 13.8 Å². The molecule has 0 fully saturated rings. The molecular weight excluding hydrogens is 198 g/mol. The molecule has 1 heterocycles. The highest BCUT2D eigenvalue weighted by Crippen LogP contribution is 2.12. The minimum atomic E-state index is 0.133. The van der Waals surface area contributed by atoms with Crippen molar-refractivity contribution in [3.05, 3.63) is 58.9 Å². The van der Waals surface area contributed by atoms with Crippen molar-refractivity contribution in [3.63, 3.8) is 0 Å². The summed E-state index contributed by atoms with van der Waals surface area (Å²) in [6, 6.07) is 9.81. The van der Waals surface area contributed by atoms with E-state index in [4.69, 9.17) is 0 Å². The van der Waals surface area contributed by atoms with Gasteiger partial charge in [0.1, 0.15) is 0 Å². The number of carbonyl (C=O) groups is 1. The Hall–Kier alpha value is -1.83. The third-order valence-corrected chi connectivity index (χ3v) is 2.83. The number of carbonyl (C=O) groups excluding carboxylic acids is 1. The van der Waals surface area contributed by atoms with Crippen LogP contribution in [0.5, 0.6) is 0 Å². The molecule has 16 heavy (non-hydrogen) atoms. The molecule has 0 aliphatic heterocycles. The molecule has 0 amide bonds. The van der Waals surface area contributed by atoms with Gasteiger partial charge in [-0.3, -0.25) is 4.79 Å². The van der Waals surface area contributed by atoms with E-state index in [-0.39, 0.29) is 5.78 Å². The topological polar surface area (TPSA) is 32.9 Å². The molecule has 0 atom stereocenters. The van der Waals surface area contributed by atoms with E-state index in [1.807, 2.05) is 18.2 Å². The number of aromatic amines is 1. The zero-order chi connectivity index (χ0) is 11.5. The van der Waals surface area contributed by atoms with Gasteiger partial charge in [0, 0.05) is 12.6 Å². The third-order valence-electron chi connectivity index (χ3n) is 2.83. The molecule has 0 aliphatic rings. The Balaban J connectivity index is 2.15. The molecular formula is C14H15NO. The second-order valence-corrected chi connectivity index (χ2v) is 4.10. The number of nitrogens with one attached hydrogen (secondary N) is 1. The molecule has 0 unspecified atom stereocenters. The van der Waals surface area contributed by atoms with E-state index in [2.05, 4.69) is 31.0 Å². The van der Waals surface area contributed by atoms with Crippen LogP contribution in [0.2, 0.25) is 0 Å². The van der Waals surface area contributed by atoms with Crippen molar-refractivity contribution >= 4 is 5.78 Å². The fraction of sp³-hybridized carbons (Fsp3) is 0.214. The highest BCUT2D eigenvalue weighted by Gasteiger charge is 2.07. The number of H-pyrrole nitrogens is 1. The lowest BCUT2D eigenvalue weighted by Gasteiger charge is -2.04. The lowest BCUT2D eigenvalue weighted by Crippen LogP contribution is -2.04. The molecule has 0 aliphatic carbocycles. The number of aromatic nitrogens is 1. The maximum absolute atomic E-state index is 11.8. The van der Waals surface area contributed by atoms with E-state index in [1.165, 1.54) is 11.1 Å². The van der Waals surface area contributed by atoms with Crippen LogP contribution in [0.25, 0.3) is 0 Å². The lowest BCUT2D eigenvalue weighted by atomic mass is 10.0. The minimum absolute atomic E-state index is 0.133. The monoisotopic (exact) mass is 213 g/mol. The first kappa shape index (κ1) is 10.7. The molecule has 2 nitrogen and oxygen atoms in total. The molecule has 0 saturated carbocycles. The fourth-order valence-corrected chi connectivity index (χ4v) is 1.70. The Morgan fingerprint density at radius 2 is 2.00 bits per heavy atom. The summed E-state index contributed by atoms with van der Waals surface area (Å²) in [5.74, 6) is 0.133. The quantitative estimate of drug-likeness (QED) is 0.781. The first-order valence-corrected chi connectivity index (χ1v) is 5.39. The van der Waals surface area contributed by atoms with E-state index in [0.29, 0.717) is 12.1 Å². The predicted octanol–water partition coefficient (Wildman–Crippen LogP) is 3.06. The molecule has 2 aromatic rings. The lowest BCUT2D eigenvalue weighted by molar-refractivity contribution is 0.0989. The molecule has 1 aromatic heterocycles. The Labute approximate surface area is 95.3 Å². The number of hydrogen-bond acceptors (Lipinski definition) is 1. The first-order valence-electron chi connectivity index (χ1n) is 5.39. The summed E-state index contributed by atoms with van der Waals surface area (Å²) in [5.41, 5.74) is 4.24. The van der Waals surface area contributed by atoms with Gasteiger partial charge < -0.3 is 4.98 Å². The van der Waals surface area contributed by atoms with Crippen molar-refractivity contribution in [3.8, 4) is 0 Å². The van der Waals surface area contributed by atoms with Gasteiger partial charge in [-0.25, -0.2) is 0 Å². The molecule has 0 saturated heterocycles. The molecule has 0 radical (unpaired) electrons. The highest BCUT2D eigenvalue weighted by molar-refractivity contribution is 5.95. The third kappa shape index (κ3) is 2.22. The van der Waals surface area contributed by atoms with Gasteiger partial charge in [0.2, 0.25) is 0 Å². The van der Waals surface area contributed by atoms with Gasteiger partial charge in [-0.15, -0.1) is 0 Å². The van der Waals surface area contributed by atoms with Gasteiger partial charge >= 0.3 is 0 Å². The van der Waals surface area contributed by atoms with Crippen molar-refractivity contribution in [2.24, 2.45) is 0 Å². The fourth-order valence-electron chi connectivity index (χ4n) is 1.70. The summed E-state index contributed by atoms with van der Waals surface area (Å²) < 4.78 is 0. The Bertz CT molecular complexity index is 497. The molecule has 0 bridgehead atoms. The zero-order valence-corrected chi connectivity index (χ0v) is 9.58.